The second-order valence-corrected chi connectivity index (χ2v) is 6.13. The van der Waals surface area contributed by atoms with E-state index in [2.05, 4.69) is 33.5 Å². The zero-order valence-electron chi connectivity index (χ0n) is 12.9. The summed E-state index contributed by atoms with van der Waals surface area (Å²) in [5.41, 5.74) is 1.68. The van der Waals surface area contributed by atoms with E-state index in [0.29, 0.717) is 16.6 Å². The summed E-state index contributed by atoms with van der Waals surface area (Å²) in [6.45, 7) is 2.55. The van der Waals surface area contributed by atoms with Crippen LogP contribution >= 0.6 is 15.9 Å². The lowest BCUT2D eigenvalue weighted by Gasteiger charge is -2.13. The molecule has 2 aromatic carbocycles. The number of carbonyl (C=O) groups is 2. The molecule has 0 bridgehead atoms. The zero-order chi connectivity index (χ0) is 16.7. The lowest BCUT2D eigenvalue weighted by Crippen LogP contribution is -2.38. The van der Waals surface area contributed by atoms with E-state index in [1.54, 1.807) is 18.2 Å². The van der Waals surface area contributed by atoms with Crippen LogP contribution in [0.3, 0.4) is 0 Å². The van der Waals surface area contributed by atoms with Gasteiger partial charge in [-0.3, -0.25) is 9.59 Å². The van der Waals surface area contributed by atoms with Gasteiger partial charge >= 0.3 is 0 Å². The van der Waals surface area contributed by atoms with Crippen molar-refractivity contribution >= 4 is 27.7 Å². The molecule has 0 saturated carbocycles. The third-order valence-electron chi connectivity index (χ3n) is 3.50. The third kappa shape index (κ3) is 5.21. The molecule has 0 saturated heterocycles. The first-order valence-electron chi connectivity index (χ1n) is 7.42. The molecule has 120 valence electrons. The van der Waals surface area contributed by atoms with Gasteiger partial charge in [-0.25, -0.2) is 0 Å². The fraction of sp³-hybridized carbons (Fsp3) is 0.222. The van der Waals surface area contributed by atoms with Gasteiger partial charge in [0.2, 0.25) is 5.91 Å². The largest absolute Gasteiger partial charge is 0.354 e. The second-order valence-electron chi connectivity index (χ2n) is 5.28. The van der Waals surface area contributed by atoms with Crippen LogP contribution in [0.15, 0.2) is 59.1 Å². The van der Waals surface area contributed by atoms with Crippen molar-refractivity contribution in [2.45, 2.75) is 12.8 Å². The lowest BCUT2D eigenvalue weighted by atomic mass is 10.0. The second kappa shape index (κ2) is 8.48. The summed E-state index contributed by atoms with van der Waals surface area (Å²) in [7, 11) is 0. The molecule has 2 N–H and O–H groups in total. The zero-order valence-corrected chi connectivity index (χ0v) is 14.5. The van der Waals surface area contributed by atoms with Crippen molar-refractivity contribution in [3.63, 3.8) is 0 Å². The number of carbonyl (C=O) groups excluding carboxylic acids is 2. The maximum atomic E-state index is 12.0. The Labute approximate surface area is 144 Å². The molecule has 2 amide bonds. The summed E-state index contributed by atoms with van der Waals surface area (Å²) < 4.78 is 0.704. The minimum Gasteiger partial charge on any atom is -0.354 e. The fourth-order valence-corrected chi connectivity index (χ4v) is 2.59. The van der Waals surface area contributed by atoms with Gasteiger partial charge in [0, 0.05) is 11.0 Å². The minimum atomic E-state index is -0.274. The van der Waals surface area contributed by atoms with Crippen LogP contribution in [-0.4, -0.2) is 24.9 Å². The monoisotopic (exact) mass is 374 g/mol. The SMILES string of the molecule is C[C@@H](CNC(=O)CNC(=O)c1ccccc1Br)c1ccccc1. The van der Waals surface area contributed by atoms with Crippen molar-refractivity contribution in [3.05, 3.63) is 70.2 Å². The Bertz CT molecular complexity index is 674. The normalized spacial score (nSPS) is 11.6. The summed E-state index contributed by atoms with van der Waals surface area (Å²) in [5, 5.41) is 5.46. The van der Waals surface area contributed by atoms with Gasteiger partial charge in [0.25, 0.3) is 5.91 Å². The molecule has 4 nitrogen and oxygen atoms in total. The maximum Gasteiger partial charge on any atom is 0.252 e. The highest BCUT2D eigenvalue weighted by molar-refractivity contribution is 9.10. The molecule has 2 rings (SSSR count). The van der Waals surface area contributed by atoms with E-state index in [-0.39, 0.29) is 24.3 Å². The molecule has 0 unspecified atom stereocenters. The van der Waals surface area contributed by atoms with Gasteiger partial charge in [0.05, 0.1) is 12.1 Å². The molecule has 2 aromatic rings. The third-order valence-corrected chi connectivity index (χ3v) is 4.19. The molecule has 1 atom stereocenters. The molecular formula is C18H19BrN2O2. The summed E-state index contributed by atoms with van der Waals surface area (Å²) in [5.74, 6) is -0.254. The Balaban J connectivity index is 1.77. The quantitative estimate of drug-likeness (QED) is 0.815. The first-order valence-corrected chi connectivity index (χ1v) is 8.21. The van der Waals surface area contributed by atoms with Gasteiger partial charge in [-0.2, -0.15) is 0 Å². The average molecular weight is 375 g/mol. The predicted molar refractivity (Wildman–Crippen MR) is 94.3 cm³/mol. The first kappa shape index (κ1) is 17.2. The minimum absolute atomic E-state index is 0.0400. The highest BCUT2D eigenvalue weighted by Gasteiger charge is 2.11. The van der Waals surface area contributed by atoms with Crippen molar-refractivity contribution in [3.8, 4) is 0 Å². The number of hydrogen-bond acceptors (Lipinski definition) is 2. The van der Waals surface area contributed by atoms with Crippen LogP contribution in [0.25, 0.3) is 0 Å². The topological polar surface area (TPSA) is 58.2 Å². The maximum absolute atomic E-state index is 12.0. The molecule has 0 aliphatic rings. The van der Waals surface area contributed by atoms with Gasteiger partial charge in [-0.05, 0) is 39.5 Å². The van der Waals surface area contributed by atoms with E-state index in [4.69, 9.17) is 0 Å². The summed E-state index contributed by atoms with van der Waals surface area (Å²) in [6, 6.07) is 17.1. The molecule has 0 aromatic heterocycles. The molecule has 0 radical (unpaired) electrons. The van der Waals surface area contributed by atoms with Gasteiger partial charge in [-0.1, -0.05) is 49.4 Å². The smallest absolute Gasteiger partial charge is 0.252 e. The van der Waals surface area contributed by atoms with Crippen LogP contribution in [0.4, 0.5) is 0 Å². The lowest BCUT2D eigenvalue weighted by molar-refractivity contribution is -0.120. The average Bonchev–Trinajstić information content (AvgIpc) is 2.58. The summed E-state index contributed by atoms with van der Waals surface area (Å²) in [4.78, 5) is 23.9. The molecule has 5 heteroatoms. The Kier molecular flexibility index (Phi) is 6.35. The van der Waals surface area contributed by atoms with E-state index in [1.165, 1.54) is 5.56 Å². The van der Waals surface area contributed by atoms with Crippen molar-refractivity contribution in [1.29, 1.82) is 0 Å². The molecule has 0 heterocycles. The van der Waals surface area contributed by atoms with E-state index in [1.807, 2.05) is 36.4 Å². The van der Waals surface area contributed by atoms with Crippen LogP contribution in [0.5, 0.6) is 0 Å². The highest BCUT2D eigenvalue weighted by Crippen LogP contribution is 2.15. The Morgan fingerprint density at radius 1 is 1.00 bits per heavy atom. The van der Waals surface area contributed by atoms with Gasteiger partial charge in [0.1, 0.15) is 0 Å². The number of hydrogen-bond donors (Lipinski definition) is 2. The van der Waals surface area contributed by atoms with Crippen molar-refractivity contribution in [2.75, 3.05) is 13.1 Å². The number of rotatable bonds is 6. The van der Waals surface area contributed by atoms with Crippen LogP contribution in [0.2, 0.25) is 0 Å². The Hall–Kier alpha value is -2.14. The fourth-order valence-electron chi connectivity index (χ4n) is 2.13. The van der Waals surface area contributed by atoms with Gasteiger partial charge in [-0.15, -0.1) is 0 Å². The van der Waals surface area contributed by atoms with Crippen molar-refractivity contribution < 1.29 is 9.59 Å². The van der Waals surface area contributed by atoms with Gasteiger partial charge < -0.3 is 10.6 Å². The number of nitrogens with one attached hydrogen (secondary N) is 2. The summed E-state index contributed by atoms with van der Waals surface area (Å²) in [6.07, 6.45) is 0. The highest BCUT2D eigenvalue weighted by atomic mass is 79.9. The molecule has 0 aliphatic heterocycles. The Morgan fingerprint density at radius 3 is 2.35 bits per heavy atom. The van der Waals surface area contributed by atoms with E-state index in [0.717, 1.165) is 0 Å². The molecular weight excluding hydrogens is 356 g/mol. The van der Waals surface area contributed by atoms with Crippen LogP contribution in [0, 0.1) is 0 Å². The van der Waals surface area contributed by atoms with E-state index < -0.39 is 0 Å². The Morgan fingerprint density at radius 2 is 1.65 bits per heavy atom. The van der Waals surface area contributed by atoms with E-state index >= 15 is 0 Å². The molecule has 0 aliphatic carbocycles. The summed E-state index contributed by atoms with van der Waals surface area (Å²) >= 11 is 3.32. The number of amides is 2. The number of benzene rings is 2. The standard InChI is InChI=1S/C18H19BrN2O2/c1-13(14-7-3-2-4-8-14)11-20-17(22)12-21-18(23)15-9-5-6-10-16(15)19/h2-10,13H,11-12H2,1H3,(H,20,22)(H,21,23)/t13-/m0/s1. The number of halogens is 1. The molecule has 23 heavy (non-hydrogen) atoms. The molecule has 0 spiro atoms. The van der Waals surface area contributed by atoms with Gasteiger partial charge in [0.15, 0.2) is 0 Å². The molecule has 0 fully saturated rings. The van der Waals surface area contributed by atoms with Crippen LogP contribution < -0.4 is 10.6 Å². The predicted octanol–water partition coefficient (Wildman–Crippen LogP) is 3.10. The van der Waals surface area contributed by atoms with Crippen LogP contribution in [0.1, 0.15) is 28.8 Å². The van der Waals surface area contributed by atoms with E-state index in [9.17, 15) is 9.59 Å². The van der Waals surface area contributed by atoms with Crippen molar-refractivity contribution in [1.82, 2.24) is 10.6 Å². The first-order chi connectivity index (χ1) is 11.1. The van der Waals surface area contributed by atoms with Crippen LogP contribution in [-0.2, 0) is 4.79 Å². The van der Waals surface area contributed by atoms with Crippen molar-refractivity contribution in [2.24, 2.45) is 0 Å².